The van der Waals surface area contributed by atoms with Crippen LogP contribution in [0.15, 0.2) is 12.1 Å². The Morgan fingerprint density at radius 1 is 1.33 bits per heavy atom. The number of hydrogen-bond donors (Lipinski definition) is 0. The monoisotopic (exact) mass is 268 g/mol. The van der Waals surface area contributed by atoms with Crippen molar-refractivity contribution < 1.29 is 4.39 Å². The van der Waals surface area contributed by atoms with E-state index in [-0.39, 0.29) is 5.82 Å². The zero-order valence-corrected chi connectivity index (χ0v) is 11.8. The van der Waals surface area contributed by atoms with Crippen molar-refractivity contribution in [1.82, 2.24) is 9.55 Å². The van der Waals surface area contributed by atoms with E-state index >= 15 is 0 Å². The molecule has 2 aromatic rings. The number of imidazole rings is 1. The second-order valence-electron chi connectivity index (χ2n) is 4.59. The first kappa shape index (κ1) is 13.3. The quantitative estimate of drug-likeness (QED) is 0.742. The number of halogens is 2. The van der Waals surface area contributed by atoms with Gasteiger partial charge in [-0.2, -0.15) is 0 Å². The maximum absolute atomic E-state index is 13.6. The molecule has 0 atom stereocenters. The van der Waals surface area contributed by atoms with Crippen LogP contribution in [0.5, 0.6) is 0 Å². The standard InChI is InChI=1S/C14H18ClFN2/c1-4-10(5-2)18-13-6-9(3)11(16)7-12(13)17-14(18)8-15/h6-7,10H,4-5,8H2,1-3H3. The molecular weight excluding hydrogens is 251 g/mol. The van der Waals surface area contributed by atoms with Crippen LogP contribution in [0.2, 0.25) is 0 Å². The molecule has 0 aliphatic carbocycles. The Hall–Kier alpha value is -1.09. The molecule has 0 saturated carbocycles. The summed E-state index contributed by atoms with van der Waals surface area (Å²) in [4.78, 5) is 4.44. The van der Waals surface area contributed by atoms with Crippen LogP contribution in [0, 0.1) is 12.7 Å². The van der Waals surface area contributed by atoms with Crippen LogP contribution in [0.4, 0.5) is 4.39 Å². The molecule has 0 bridgehead atoms. The summed E-state index contributed by atoms with van der Waals surface area (Å²) in [6.07, 6.45) is 2.03. The predicted octanol–water partition coefficient (Wildman–Crippen LogP) is 4.58. The molecule has 0 radical (unpaired) electrons. The van der Waals surface area contributed by atoms with Gasteiger partial charge >= 0.3 is 0 Å². The van der Waals surface area contributed by atoms with Crippen LogP contribution >= 0.6 is 11.6 Å². The van der Waals surface area contributed by atoms with Crippen molar-refractivity contribution in [2.45, 2.75) is 45.5 Å². The Labute approximate surface area is 112 Å². The highest BCUT2D eigenvalue weighted by Crippen LogP contribution is 2.28. The summed E-state index contributed by atoms with van der Waals surface area (Å²) in [7, 11) is 0. The number of rotatable bonds is 4. The summed E-state index contributed by atoms with van der Waals surface area (Å²) in [5, 5.41) is 0. The van der Waals surface area contributed by atoms with Crippen molar-refractivity contribution in [2.75, 3.05) is 0 Å². The molecule has 18 heavy (non-hydrogen) atoms. The van der Waals surface area contributed by atoms with Gasteiger partial charge in [0, 0.05) is 12.1 Å². The van der Waals surface area contributed by atoms with E-state index in [0.717, 1.165) is 24.2 Å². The lowest BCUT2D eigenvalue weighted by atomic mass is 10.1. The third-order valence-corrected chi connectivity index (χ3v) is 3.71. The van der Waals surface area contributed by atoms with Gasteiger partial charge in [0.15, 0.2) is 0 Å². The molecule has 0 unspecified atom stereocenters. The average molecular weight is 269 g/mol. The first-order valence-corrected chi connectivity index (χ1v) is 6.88. The highest BCUT2D eigenvalue weighted by atomic mass is 35.5. The molecule has 0 spiro atoms. The molecule has 1 heterocycles. The van der Waals surface area contributed by atoms with Gasteiger partial charge in [0.1, 0.15) is 11.6 Å². The summed E-state index contributed by atoms with van der Waals surface area (Å²) in [6.45, 7) is 6.07. The highest BCUT2D eigenvalue weighted by Gasteiger charge is 2.17. The fraction of sp³-hybridized carbons (Fsp3) is 0.500. The number of aryl methyl sites for hydroxylation is 1. The van der Waals surface area contributed by atoms with E-state index in [0.29, 0.717) is 23.0 Å². The minimum Gasteiger partial charge on any atom is -0.324 e. The van der Waals surface area contributed by atoms with E-state index in [1.54, 1.807) is 6.92 Å². The van der Waals surface area contributed by atoms with E-state index in [2.05, 4.69) is 23.4 Å². The zero-order valence-electron chi connectivity index (χ0n) is 11.0. The Morgan fingerprint density at radius 2 is 2.00 bits per heavy atom. The number of alkyl halides is 1. The van der Waals surface area contributed by atoms with Crippen molar-refractivity contribution in [3.05, 3.63) is 29.3 Å². The smallest absolute Gasteiger partial charge is 0.128 e. The molecule has 0 amide bonds. The Morgan fingerprint density at radius 3 is 2.56 bits per heavy atom. The Balaban J connectivity index is 2.72. The van der Waals surface area contributed by atoms with Crippen LogP contribution in [-0.4, -0.2) is 9.55 Å². The molecular formula is C14H18ClFN2. The molecule has 1 aromatic heterocycles. The number of hydrogen-bond acceptors (Lipinski definition) is 1. The molecule has 0 N–H and O–H groups in total. The maximum atomic E-state index is 13.6. The van der Waals surface area contributed by atoms with Gasteiger partial charge in [-0.3, -0.25) is 0 Å². The largest absolute Gasteiger partial charge is 0.324 e. The zero-order chi connectivity index (χ0) is 13.3. The van der Waals surface area contributed by atoms with Crippen LogP contribution in [0.25, 0.3) is 11.0 Å². The fourth-order valence-corrected chi connectivity index (χ4v) is 2.61. The van der Waals surface area contributed by atoms with E-state index in [9.17, 15) is 4.39 Å². The molecule has 4 heteroatoms. The molecule has 1 aromatic carbocycles. The van der Waals surface area contributed by atoms with Crippen LogP contribution in [-0.2, 0) is 5.88 Å². The molecule has 2 nitrogen and oxygen atoms in total. The van der Waals surface area contributed by atoms with Crippen LogP contribution in [0.3, 0.4) is 0 Å². The van der Waals surface area contributed by atoms with Gasteiger partial charge in [0.05, 0.1) is 16.9 Å². The van der Waals surface area contributed by atoms with Crippen molar-refractivity contribution >= 4 is 22.6 Å². The van der Waals surface area contributed by atoms with Crippen molar-refractivity contribution in [1.29, 1.82) is 0 Å². The Bertz CT molecular complexity index is 558. The molecule has 0 aliphatic rings. The van der Waals surface area contributed by atoms with Crippen molar-refractivity contribution in [3.8, 4) is 0 Å². The molecule has 0 aliphatic heterocycles. The van der Waals surface area contributed by atoms with Crippen LogP contribution < -0.4 is 0 Å². The number of fused-ring (bicyclic) bond motifs is 1. The third kappa shape index (κ3) is 2.12. The van der Waals surface area contributed by atoms with Gasteiger partial charge in [-0.15, -0.1) is 11.6 Å². The normalized spacial score (nSPS) is 11.7. The second-order valence-corrected chi connectivity index (χ2v) is 4.86. The number of nitrogens with zero attached hydrogens (tertiary/aromatic N) is 2. The fourth-order valence-electron chi connectivity index (χ4n) is 2.43. The first-order chi connectivity index (χ1) is 8.62. The number of aromatic nitrogens is 2. The van der Waals surface area contributed by atoms with Gasteiger partial charge in [-0.1, -0.05) is 13.8 Å². The minimum atomic E-state index is -0.210. The van der Waals surface area contributed by atoms with E-state index in [4.69, 9.17) is 11.6 Å². The lowest BCUT2D eigenvalue weighted by Crippen LogP contribution is -2.10. The minimum absolute atomic E-state index is 0.210. The van der Waals surface area contributed by atoms with Gasteiger partial charge < -0.3 is 4.57 Å². The molecule has 2 rings (SSSR count). The Kier molecular flexibility index (Phi) is 3.91. The lowest BCUT2D eigenvalue weighted by Gasteiger charge is -2.18. The van der Waals surface area contributed by atoms with Crippen molar-refractivity contribution in [2.24, 2.45) is 0 Å². The van der Waals surface area contributed by atoms with Crippen LogP contribution in [0.1, 0.15) is 44.1 Å². The topological polar surface area (TPSA) is 17.8 Å². The van der Waals surface area contributed by atoms with Gasteiger partial charge in [0.25, 0.3) is 0 Å². The van der Waals surface area contributed by atoms with E-state index in [1.807, 2.05) is 6.07 Å². The lowest BCUT2D eigenvalue weighted by molar-refractivity contribution is 0.472. The van der Waals surface area contributed by atoms with Crippen molar-refractivity contribution in [3.63, 3.8) is 0 Å². The van der Waals surface area contributed by atoms with Gasteiger partial charge in [0.2, 0.25) is 0 Å². The summed E-state index contributed by atoms with van der Waals surface area (Å²) in [6, 6.07) is 3.74. The summed E-state index contributed by atoms with van der Waals surface area (Å²) in [5.41, 5.74) is 2.33. The van der Waals surface area contributed by atoms with Gasteiger partial charge in [-0.05, 0) is 31.4 Å². The van der Waals surface area contributed by atoms with E-state index in [1.165, 1.54) is 6.07 Å². The first-order valence-electron chi connectivity index (χ1n) is 6.35. The second kappa shape index (κ2) is 5.27. The predicted molar refractivity (Wildman–Crippen MR) is 73.6 cm³/mol. The molecule has 0 saturated heterocycles. The highest BCUT2D eigenvalue weighted by molar-refractivity contribution is 6.16. The molecule has 98 valence electrons. The summed E-state index contributed by atoms with van der Waals surface area (Å²) < 4.78 is 15.7. The van der Waals surface area contributed by atoms with E-state index < -0.39 is 0 Å². The third-order valence-electron chi connectivity index (χ3n) is 3.47. The van der Waals surface area contributed by atoms with Gasteiger partial charge in [-0.25, -0.2) is 9.37 Å². The molecule has 0 fully saturated rings. The number of benzene rings is 1. The summed E-state index contributed by atoms with van der Waals surface area (Å²) >= 11 is 5.96. The SMILES string of the molecule is CCC(CC)n1c(CCl)nc2cc(F)c(C)cc21. The maximum Gasteiger partial charge on any atom is 0.128 e. The average Bonchev–Trinajstić information content (AvgIpc) is 2.70. The summed E-state index contributed by atoms with van der Waals surface area (Å²) in [5.74, 6) is 0.967.